The van der Waals surface area contributed by atoms with E-state index in [-0.39, 0.29) is 18.5 Å². The first-order valence-electron chi connectivity index (χ1n) is 6.15. The number of nitrogens with one attached hydrogen (secondary N) is 1. The molecule has 0 heterocycles. The van der Waals surface area contributed by atoms with Crippen molar-refractivity contribution in [1.29, 1.82) is 0 Å². The molecular formula is C12H22N2O5. The average Bonchev–Trinajstić information content (AvgIpc) is 2.24. The molecule has 0 aromatic heterocycles. The van der Waals surface area contributed by atoms with Gasteiger partial charge >= 0.3 is 11.9 Å². The van der Waals surface area contributed by atoms with Crippen LogP contribution in [0, 0.1) is 5.92 Å². The van der Waals surface area contributed by atoms with Crippen LogP contribution in [0.25, 0.3) is 0 Å². The number of hydrogen-bond acceptors (Lipinski definition) is 5. The predicted molar refractivity (Wildman–Crippen MR) is 68.2 cm³/mol. The molecule has 0 bridgehead atoms. The van der Waals surface area contributed by atoms with Gasteiger partial charge in [-0.05, 0) is 12.8 Å². The highest BCUT2D eigenvalue weighted by Crippen LogP contribution is 2.01. The van der Waals surface area contributed by atoms with Gasteiger partial charge in [-0.25, -0.2) is 0 Å². The maximum Gasteiger partial charge on any atom is 0.306 e. The highest BCUT2D eigenvalue weighted by molar-refractivity contribution is 5.86. The monoisotopic (exact) mass is 274 g/mol. The summed E-state index contributed by atoms with van der Waals surface area (Å²) < 4.78 is 4.97. The molecule has 0 aromatic rings. The number of rotatable bonds is 8. The zero-order chi connectivity index (χ0) is 15.0. The normalized spacial score (nSPS) is 13.7. The summed E-state index contributed by atoms with van der Waals surface area (Å²) in [5.41, 5.74) is 5.39. The molecule has 1 amide bonds. The van der Waals surface area contributed by atoms with Gasteiger partial charge in [-0.2, -0.15) is 0 Å². The van der Waals surface area contributed by atoms with Gasteiger partial charge in [-0.3, -0.25) is 14.4 Å². The summed E-state index contributed by atoms with van der Waals surface area (Å²) in [4.78, 5) is 33.1. The second-order valence-electron chi connectivity index (χ2n) is 4.89. The van der Waals surface area contributed by atoms with E-state index < -0.39 is 30.4 Å². The van der Waals surface area contributed by atoms with Crippen molar-refractivity contribution in [1.82, 2.24) is 5.32 Å². The predicted octanol–water partition coefficient (Wildman–Crippen LogP) is -0.118. The largest absolute Gasteiger partial charge is 0.481 e. The van der Waals surface area contributed by atoms with Crippen molar-refractivity contribution in [2.75, 3.05) is 6.61 Å². The molecule has 4 N–H and O–H groups in total. The molecule has 0 fully saturated rings. The van der Waals surface area contributed by atoms with Crippen molar-refractivity contribution in [3.63, 3.8) is 0 Å². The molecule has 2 atom stereocenters. The van der Waals surface area contributed by atoms with Crippen molar-refractivity contribution in [2.24, 2.45) is 11.7 Å². The average molecular weight is 274 g/mol. The quantitative estimate of drug-likeness (QED) is 0.531. The minimum absolute atomic E-state index is 0.0388. The summed E-state index contributed by atoms with van der Waals surface area (Å²) in [5.74, 6) is -1.83. The molecule has 0 radical (unpaired) electrons. The fraction of sp³-hybridized carbons (Fsp3) is 0.750. The van der Waals surface area contributed by atoms with Crippen LogP contribution in [0.2, 0.25) is 0 Å². The third kappa shape index (κ3) is 9.01. The van der Waals surface area contributed by atoms with Crippen LogP contribution in [-0.4, -0.2) is 41.6 Å². The number of nitrogens with two attached hydrogens (primary N) is 1. The van der Waals surface area contributed by atoms with Gasteiger partial charge in [0.1, 0.15) is 6.61 Å². The van der Waals surface area contributed by atoms with Gasteiger partial charge in [-0.15, -0.1) is 0 Å². The van der Waals surface area contributed by atoms with Crippen molar-refractivity contribution >= 4 is 17.8 Å². The van der Waals surface area contributed by atoms with Gasteiger partial charge in [-0.1, -0.05) is 13.8 Å². The summed E-state index contributed by atoms with van der Waals surface area (Å²) in [6.07, 6.45) is -0.120. The van der Waals surface area contributed by atoms with E-state index >= 15 is 0 Å². The van der Waals surface area contributed by atoms with Crippen LogP contribution in [0.4, 0.5) is 0 Å². The lowest BCUT2D eigenvalue weighted by molar-refractivity contribution is -0.145. The molecule has 0 aliphatic heterocycles. The molecule has 0 aliphatic rings. The van der Waals surface area contributed by atoms with E-state index in [9.17, 15) is 14.4 Å². The standard InChI is InChI=1S/C12H22N2O5/c1-7(2)4-11(17)19-6-8(3)14-12(18)9(13)5-10(15)16/h7-9H,4-6,13H2,1-3H3,(H,14,18)(H,15,16)/t8-,9+/m0/s1. The molecule has 110 valence electrons. The number of amides is 1. The second-order valence-corrected chi connectivity index (χ2v) is 4.89. The molecule has 7 nitrogen and oxygen atoms in total. The van der Waals surface area contributed by atoms with Gasteiger partial charge in [0, 0.05) is 6.42 Å². The van der Waals surface area contributed by atoms with Gasteiger partial charge < -0.3 is 20.9 Å². The van der Waals surface area contributed by atoms with Crippen LogP contribution >= 0.6 is 0 Å². The Bertz CT molecular complexity index is 330. The van der Waals surface area contributed by atoms with Crippen LogP contribution in [-0.2, 0) is 19.1 Å². The van der Waals surface area contributed by atoms with E-state index in [4.69, 9.17) is 15.6 Å². The van der Waals surface area contributed by atoms with Crippen molar-refractivity contribution in [3.05, 3.63) is 0 Å². The topological polar surface area (TPSA) is 119 Å². The van der Waals surface area contributed by atoms with Crippen LogP contribution in [0.15, 0.2) is 0 Å². The first-order chi connectivity index (χ1) is 8.72. The van der Waals surface area contributed by atoms with Crippen molar-refractivity contribution in [3.8, 4) is 0 Å². The summed E-state index contributed by atoms with van der Waals surface area (Å²) in [5, 5.41) is 11.0. The molecule has 7 heteroatoms. The first kappa shape index (κ1) is 17.4. The Morgan fingerprint density at radius 1 is 1.21 bits per heavy atom. The van der Waals surface area contributed by atoms with Gasteiger partial charge in [0.05, 0.1) is 18.5 Å². The van der Waals surface area contributed by atoms with Crippen LogP contribution in [0.1, 0.15) is 33.6 Å². The Morgan fingerprint density at radius 3 is 2.26 bits per heavy atom. The minimum atomic E-state index is -1.14. The maximum absolute atomic E-state index is 11.5. The Kier molecular flexibility index (Phi) is 7.74. The van der Waals surface area contributed by atoms with E-state index in [1.165, 1.54) is 0 Å². The maximum atomic E-state index is 11.5. The lowest BCUT2D eigenvalue weighted by Gasteiger charge is -2.17. The molecule has 0 unspecified atom stereocenters. The van der Waals surface area contributed by atoms with Crippen molar-refractivity contribution < 1.29 is 24.2 Å². The van der Waals surface area contributed by atoms with E-state index in [2.05, 4.69) is 5.32 Å². The van der Waals surface area contributed by atoms with Crippen LogP contribution in [0.3, 0.4) is 0 Å². The Balaban J connectivity index is 3.97. The minimum Gasteiger partial charge on any atom is -0.481 e. The van der Waals surface area contributed by atoms with E-state index in [1.54, 1.807) is 6.92 Å². The fourth-order valence-electron chi connectivity index (χ4n) is 1.28. The van der Waals surface area contributed by atoms with E-state index in [1.807, 2.05) is 13.8 Å². The number of hydrogen-bond donors (Lipinski definition) is 3. The smallest absolute Gasteiger partial charge is 0.306 e. The molecule has 0 rings (SSSR count). The molecule has 0 saturated heterocycles. The number of carboxylic acids is 1. The van der Waals surface area contributed by atoms with Crippen molar-refractivity contribution in [2.45, 2.75) is 45.7 Å². The number of carbonyl (C=O) groups excluding carboxylic acids is 2. The lowest BCUT2D eigenvalue weighted by atomic mass is 10.1. The number of carboxylic acid groups (broad SMARTS) is 1. The Labute approximate surface area is 112 Å². The van der Waals surface area contributed by atoms with Gasteiger partial charge in [0.25, 0.3) is 0 Å². The number of carbonyl (C=O) groups is 3. The molecular weight excluding hydrogens is 252 g/mol. The summed E-state index contributed by atoms with van der Waals surface area (Å²) in [6, 6.07) is -1.52. The Morgan fingerprint density at radius 2 is 1.79 bits per heavy atom. The SMILES string of the molecule is CC(C)CC(=O)OC[C@H](C)NC(=O)[C@H](N)CC(=O)O. The lowest BCUT2D eigenvalue weighted by Crippen LogP contribution is -2.46. The second kappa shape index (κ2) is 8.47. The summed E-state index contributed by atoms with van der Waals surface area (Å²) in [6.45, 7) is 5.49. The summed E-state index contributed by atoms with van der Waals surface area (Å²) in [7, 11) is 0. The Hall–Kier alpha value is -1.63. The molecule has 0 aliphatic carbocycles. The van der Waals surface area contributed by atoms with Crippen LogP contribution in [0.5, 0.6) is 0 Å². The third-order valence-corrected chi connectivity index (χ3v) is 2.19. The van der Waals surface area contributed by atoms with E-state index in [0.29, 0.717) is 6.42 Å². The highest BCUT2D eigenvalue weighted by atomic mass is 16.5. The fourth-order valence-corrected chi connectivity index (χ4v) is 1.28. The zero-order valence-electron chi connectivity index (χ0n) is 11.5. The van der Waals surface area contributed by atoms with Gasteiger partial charge in [0.2, 0.25) is 5.91 Å². The first-order valence-corrected chi connectivity index (χ1v) is 6.15. The number of aliphatic carboxylic acids is 1. The molecule has 0 aromatic carbocycles. The van der Waals surface area contributed by atoms with Crippen LogP contribution < -0.4 is 11.1 Å². The molecule has 19 heavy (non-hydrogen) atoms. The van der Waals surface area contributed by atoms with E-state index in [0.717, 1.165) is 0 Å². The number of esters is 1. The summed E-state index contributed by atoms with van der Waals surface area (Å²) >= 11 is 0. The molecule has 0 spiro atoms. The zero-order valence-corrected chi connectivity index (χ0v) is 11.5. The molecule has 0 saturated carbocycles. The van der Waals surface area contributed by atoms with Gasteiger partial charge in [0.15, 0.2) is 0 Å². The number of ether oxygens (including phenoxy) is 1. The third-order valence-electron chi connectivity index (χ3n) is 2.19. The highest BCUT2D eigenvalue weighted by Gasteiger charge is 2.19.